The Bertz CT molecular complexity index is 559. The molecule has 0 aliphatic heterocycles. The molecule has 0 heterocycles. The van der Waals surface area contributed by atoms with E-state index in [9.17, 15) is 9.50 Å². The smallest absolute Gasteiger partial charge is 0.126 e. The van der Waals surface area contributed by atoms with Crippen molar-refractivity contribution in [3.63, 3.8) is 0 Å². The van der Waals surface area contributed by atoms with E-state index in [0.29, 0.717) is 16.1 Å². The molecule has 2 aromatic carbocycles. The second-order valence-electron chi connectivity index (χ2n) is 3.98. The van der Waals surface area contributed by atoms with Gasteiger partial charge in [0.2, 0.25) is 0 Å². The summed E-state index contributed by atoms with van der Waals surface area (Å²) in [7, 11) is 0. The highest BCUT2D eigenvalue weighted by Gasteiger charge is 2.14. The average molecular weight is 330 g/mol. The average Bonchev–Trinajstić information content (AvgIpc) is 2.32. The Morgan fingerprint density at radius 1 is 1.22 bits per heavy atom. The van der Waals surface area contributed by atoms with E-state index in [2.05, 4.69) is 15.9 Å². The first-order valence-corrected chi connectivity index (χ1v) is 6.61. The minimum atomic E-state index is -0.770. The number of rotatable bonds is 3. The third kappa shape index (κ3) is 3.10. The molecule has 0 amide bonds. The second-order valence-corrected chi connectivity index (χ2v) is 5.27. The quantitative estimate of drug-likeness (QED) is 0.878. The van der Waals surface area contributed by atoms with Gasteiger partial charge in [-0.2, -0.15) is 0 Å². The van der Waals surface area contributed by atoms with Crippen molar-refractivity contribution in [2.24, 2.45) is 0 Å². The van der Waals surface area contributed by atoms with Gasteiger partial charge in [-0.15, -0.1) is 0 Å². The molecule has 0 saturated heterocycles. The minimum Gasteiger partial charge on any atom is -0.388 e. The summed E-state index contributed by atoms with van der Waals surface area (Å²) in [5.41, 5.74) is 1.19. The molecule has 0 saturated carbocycles. The molecule has 0 spiro atoms. The van der Waals surface area contributed by atoms with Crippen molar-refractivity contribution >= 4 is 27.5 Å². The van der Waals surface area contributed by atoms with Crippen LogP contribution in [0.4, 0.5) is 4.39 Å². The summed E-state index contributed by atoms with van der Waals surface area (Å²) in [6.07, 6.45) is -0.541. The molecule has 18 heavy (non-hydrogen) atoms. The Kier molecular flexibility index (Phi) is 4.38. The van der Waals surface area contributed by atoms with Crippen LogP contribution in [-0.2, 0) is 6.42 Å². The van der Waals surface area contributed by atoms with Gasteiger partial charge in [0, 0.05) is 15.9 Å². The van der Waals surface area contributed by atoms with Crippen molar-refractivity contribution in [2.45, 2.75) is 12.5 Å². The molecule has 0 aromatic heterocycles. The van der Waals surface area contributed by atoms with Crippen LogP contribution in [0.15, 0.2) is 46.9 Å². The van der Waals surface area contributed by atoms with E-state index in [1.807, 2.05) is 0 Å². The summed E-state index contributed by atoms with van der Waals surface area (Å²) >= 11 is 9.18. The lowest BCUT2D eigenvalue weighted by atomic mass is 10.0. The monoisotopic (exact) mass is 328 g/mol. The molecule has 1 N–H and O–H groups in total. The number of hydrogen-bond donors (Lipinski definition) is 1. The minimum absolute atomic E-state index is 0.229. The predicted octanol–water partition coefficient (Wildman–Crippen LogP) is 4.52. The predicted molar refractivity (Wildman–Crippen MR) is 74.2 cm³/mol. The SMILES string of the molecule is OC(Cc1ccccc1F)c1ccc(Cl)cc1Br. The van der Waals surface area contributed by atoms with Crippen molar-refractivity contribution in [1.29, 1.82) is 0 Å². The highest BCUT2D eigenvalue weighted by Crippen LogP contribution is 2.29. The Labute approximate surface area is 118 Å². The van der Waals surface area contributed by atoms with Crippen molar-refractivity contribution < 1.29 is 9.50 Å². The first-order chi connectivity index (χ1) is 8.58. The van der Waals surface area contributed by atoms with Crippen LogP contribution >= 0.6 is 27.5 Å². The van der Waals surface area contributed by atoms with Crippen molar-refractivity contribution in [2.75, 3.05) is 0 Å². The van der Waals surface area contributed by atoms with Gasteiger partial charge in [0.1, 0.15) is 5.82 Å². The zero-order valence-electron chi connectivity index (χ0n) is 9.41. The molecule has 1 unspecified atom stereocenters. The molecule has 0 fully saturated rings. The van der Waals surface area contributed by atoms with Gasteiger partial charge in [-0.1, -0.05) is 51.8 Å². The standard InChI is InChI=1S/C14H11BrClFO/c15-12-8-10(16)5-6-11(12)14(18)7-9-3-1-2-4-13(9)17/h1-6,8,14,18H,7H2. The Morgan fingerprint density at radius 3 is 2.61 bits per heavy atom. The largest absolute Gasteiger partial charge is 0.388 e. The lowest BCUT2D eigenvalue weighted by Gasteiger charge is -2.13. The summed E-state index contributed by atoms with van der Waals surface area (Å²) < 4.78 is 14.2. The lowest BCUT2D eigenvalue weighted by Crippen LogP contribution is -2.04. The Morgan fingerprint density at radius 2 is 1.94 bits per heavy atom. The highest BCUT2D eigenvalue weighted by molar-refractivity contribution is 9.10. The molecule has 4 heteroatoms. The number of aliphatic hydroxyl groups is 1. The van der Waals surface area contributed by atoms with Crippen molar-refractivity contribution in [3.05, 3.63) is 68.9 Å². The first kappa shape index (κ1) is 13.5. The summed E-state index contributed by atoms with van der Waals surface area (Å²) in [5, 5.41) is 10.7. The molecule has 1 nitrogen and oxygen atoms in total. The number of benzene rings is 2. The van der Waals surface area contributed by atoms with Gasteiger partial charge in [-0.05, 0) is 29.3 Å². The third-order valence-corrected chi connectivity index (χ3v) is 3.61. The van der Waals surface area contributed by atoms with E-state index in [0.717, 1.165) is 4.47 Å². The van der Waals surface area contributed by atoms with E-state index in [-0.39, 0.29) is 12.2 Å². The molecular weight excluding hydrogens is 319 g/mol. The number of hydrogen-bond acceptors (Lipinski definition) is 1. The van der Waals surface area contributed by atoms with Crippen LogP contribution in [0.5, 0.6) is 0 Å². The van der Waals surface area contributed by atoms with Gasteiger partial charge >= 0.3 is 0 Å². The van der Waals surface area contributed by atoms with Gasteiger partial charge in [0.05, 0.1) is 6.10 Å². The summed E-state index contributed by atoms with van der Waals surface area (Å²) in [5.74, 6) is -0.304. The van der Waals surface area contributed by atoms with E-state index in [1.54, 1.807) is 36.4 Å². The molecule has 2 rings (SSSR count). The molecule has 1 atom stereocenters. The van der Waals surface area contributed by atoms with Crippen molar-refractivity contribution in [3.8, 4) is 0 Å². The van der Waals surface area contributed by atoms with Crippen LogP contribution in [0.25, 0.3) is 0 Å². The van der Waals surface area contributed by atoms with Crippen LogP contribution in [0.2, 0.25) is 5.02 Å². The topological polar surface area (TPSA) is 20.2 Å². The maximum Gasteiger partial charge on any atom is 0.126 e. The molecule has 0 radical (unpaired) electrons. The molecular formula is C14H11BrClFO. The van der Waals surface area contributed by atoms with Gasteiger partial charge in [-0.25, -0.2) is 4.39 Å². The maximum atomic E-state index is 13.5. The van der Waals surface area contributed by atoms with Crippen LogP contribution in [0.3, 0.4) is 0 Å². The van der Waals surface area contributed by atoms with Gasteiger partial charge in [0.25, 0.3) is 0 Å². The van der Waals surface area contributed by atoms with Crippen LogP contribution in [-0.4, -0.2) is 5.11 Å². The van der Waals surface area contributed by atoms with E-state index < -0.39 is 6.10 Å². The molecule has 0 aliphatic carbocycles. The van der Waals surface area contributed by atoms with Gasteiger partial charge in [-0.3, -0.25) is 0 Å². The third-order valence-electron chi connectivity index (χ3n) is 2.69. The van der Waals surface area contributed by atoms with Gasteiger partial charge in [0.15, 0.2) is 0 Å². The van der Waals surface area contributed by atoms with Crippen LogP contribution in [0.1, 0.15) is 17.2 Å². The van der Waals surface area contributed by atoms with Crippen molar-refractivity contribution in [1.82, 2.24) is 0 Å². The molecule has 94 valence electrons. The maximum absolute atomic E-state index is 13.5. The Balaban J connectivity index is 2.22. The fourth-order valence-electron chi connectivity index (χ4n) is 1.75. The van der Waals surface area contributed by atoms with Gasteiger partial charge < -0.3 is 5.11 Å². The molecule has 0 aliphatic rings. The highest BCUT2D eigenvalue weighted by atomic mass is 79.9. The van der Waals surface area contributed by atoms with Crippen LogP contribution in [0, 0.1) is 5.82 Å². The molecule has 0 bridgehead atoms. The number of aliphatic hydroxyl groups excluding tert-OH is 1. The van der Waals surface area contributed by atoms with Crippen LogP contribution < -0.4 is 0 Å². The number of halogens is 3. The summed E-state index contributed by atoms with van der Waals surface area (Å²) in [4.78, 5) is 0. The van der Waals surface area contributed by atoms with E-state index >= 15 is 0 Å². The normalized spacial score (nSPS) is 12.4. The summed E-state index contributed by atoms with van der Waals surface area (Å²) in [6, 6.07) is 11.6. The fraction of sp³-hybridized carbons (Fsp3) is 0.143. The Hall–Kier alpha value is -0.900. The van der Waals surface area contributed by atoms with E-state index in [1.165, 1.54) is 6.07 Å². The second kappa shape index (κ2) is 5.83. The zero-order valence-corrected chi connectivity index (χ0v) is 11.7. The summed E-state index contributed by atoms with van der Waals surface area (Å²) in [6.45, 7) is 0. The first-order valence-electron chi connectivity index (χ1n) is 5.44. The molecule has 2 aromatic rings. The lowest BCUT2D eigenvalue weighted by molar-refractivity contribution is 0.176. The van der Waals surface area contributed by atoms with E-state index in [4.69, 9.17) is 11.6 Å². The fourth-order valence-corrected chi connectivity index (χ4v) is 2.70. The zero-order chi connectivity index (χ0) is 13.1.